The number of benzene rings is 2. The maximum atomic E-state index is 5.86. The SMILES string of the molecule is CCOc1ccc(Nc2cc(C)nc(Nc3ccccc3OC(C)C)n2)cc1. The van der Waals surface area contributed by atoms with Crippen LogP contribution in [0.3, 0.4) is 0 Å². The van der Waals surface area contributed by atoms with E-state index in [4.69, 9.17) is 9.47 Å². The lowest BCUT2D eigenvalue weighted by atomic mass is 10.3. The van der Waals surface area contributed by atoms with E-state index in [0.29, 0.717) is 18.4 Å². The smallest absolute Gasteiger partial charge is 0.229 e. The minimum atomic E-state index is 0.0817. The van der Waals surface area contributed by atoms with E-state index in [9.17, 15) is 0 Å². The Kier molecular flexibility index (Phi) is 6.32. The van der Waals surface area contributed by atoms with Crippen LogP contribution in [0.15, 0.2) is 54.6 Å². The normalized spacial score (nSPS) is 10.6. The summed E-state index contributed by atoms with van der Waals surface area (Å²) in [5.41, 5.74) is 2.61. The highest BCUT2D eigenvalue weighted by Crippen LogP contribution is 2.28. The fourth-order valence-corrected chi connectivity index (χ4v) is 2.68. The Balaban J connectivity index is 1.78. The van der Waals surface area contributed by atoms with E-state index in [-0.39, 0.29) is 6.10 Å². The van der Waals surface area contributed by atoms with E-state index >= 15 is 0 Å². The molecule has 3 rings (SSSR count). The largest absolute Gasteiger partial charge is 0.494 e. The van der Waals surface area contributed by atoms with Gasteiger partial charge in [0.2, 0.25) is 5.95 Å². The highest BCUT2D eigenvalue weighted by Gasteiger charge is 2.09. The predicted octanol–water partition coefficient (Wildman–Crippen LogP) is 5.46. The van der Waals surface area contributed by atoms with Crippen LogP contribution in [-0.4, -0.2) is 22.7 Å². The highest BCUT2D eigenvalue weighted by molar-refractivity contribution is 5.64. The molecule has 146 valence electrons. The van der Waals surface area contributed by atoms with E-state index in [1.165, 1.54) is 0 Å². The van der Waals surface area contributed by atoms with Gasteiger partial charge in [-0.15, -0.1) is 0 Å². The van der Waals surface area contributed by atoms with E-state index in [1.807, 2.05) is 82.3 Å². The number of para-hydroxylation sites is 2. The van der Waals surface area contributed by atoms with Crippen molar-refractivity contribution in [1.82, 2.24) is 9.97 Å². The third kappa shape index (κ3) is 5.36. The number of nitrogens with zero attached hydrogens (tertiary/aromatic N) is 2. The van der Waals surface area contributed by atoms with Gasteiger partial charge in [-0.25, -0.2) is 4.98 Å². The van der Waals surface area contributed by atoms with Crippen molar-refractivity contribution < 1.29 is 9.47 Å². The first-order valence-corrected chi connectivity index (χ1v) is 9.41. The minimum absolute atomic E-state index is 0.0817. The Bertz CT molecular complexity index is 911. The molecule has 0 fully saturated rings. The molecule has 0 aliphatic rings. The monoisotopic (exact) mass is 378 g/mol. The summed E-state index contributed by atoms with van der Waals surface area (Å²) in [7, 11) is 0. The molecule has 1 heterocycles. The zero-order valence-electron chi connectivity index (χ0n) is 16.7. The van der Waals surface area contributed by atoms with Gasteiger partial charge in [0.05, 0.1) is 18.4 Å². The van der Waals surface area contributed by atoms with E-state index in [2.05, 4.69) is 20.6 Å². The van der Waals surface area contributed by atoms with E-state index in [0.717, 1.165) is 28.6 Å². The van der Waals surface area contributed by atoms with Crippen molar-refractivity contribution in [1.29, 1.82) is 0 Å². The van der Waals surface area contributed by atoms with Gasteiger partial charge >= 0.3 is 0 Å². The number of rotatable bonds is 8. The van der Waals surface area contributed by atoms with E-state index in [1.54, 1.807) is 0 Å². The van der Waals surface area contributed by atoms with Crippen LogP contribution in [0, 0.1) is 6.92 Å². The van der Waals surface area contributed by atoms with Crippen molar-refractivity contribution in [2.24, 2.45) is 0 Å². The number of nitrogens with one attached hydrogen (secondary N) is 2. The second-order valence-electron chi connectivity index (χ2n) is 6.59. The van der Waals surface area contributed by atoms with Crippen LogP contribution in [-0.2, 0) is 0 Å². The van der Waals surface area contributed by atoms with Crippen LogP contribution in [0.1, 0.15) is 26.5 Å². The molecule has 0 aliphatic carbocycles. The Morgan fingerprint density at radius 1 is 0.964 bits per heavy atom. The number of aryl methyl sites for hydroxylation is 1. The van der Waals surface area contributed by atoms with Crippen LogP contribution < -0.4 is 20.1 Å². The Morgan fingerprint density at radius 3 is 2.43 bits per heavy atom. The maximum Gasteiger partial charge on any atom is 0.229 e. The van der Waals surface area contributed by atoms with Crippen molar-refractivity contribution in [2.75, 3.05) is 17.2 Å². The maximum absolute atomic E-state index is 5.86. The van der Waals surface area contributed by atoms with E-state index < -0.39 is 0 Å². The number of hydrogen-bond acceptors (Lipinski definition) is 6. The molecule has 0 atom stereocenters. The number of hydrogen-bond donors (Lipinski definition) is 2. The summed E-state index contributed by atoms with van der Waals surface area (Å²) < 4.78 is 11.3. The number of ether oxygens (including phenoxy) is 2. The number of aromatic nitrogens is 2. The quantitative estimate of drug-likeness (QED) is 0.543. The van der Waals surface area contributed by atoms with Gasteiger partial charge in [-0.3, -0.25) is 0 Å². The molecule has 0 bridgehead atoms. The first-order chi connectivity index (χ1) is 13.5. The molecule has 0 unspecified atom stereocenters. The van der Waals surface area contributed by atoms with Gasteiger partial charge in [0, 0.05) is 17.4 Å². The Labute approximate surface area is 166 Å². The Morgan fingerprint density at radius 2 is 1.71 bits per heavy atom. The fourth-order valence-electron chi connectivity index (χ4n) is 2.68. The third-order valence-electron chi connectivity index (χ3n) is 3.79. The van der Waals surface area contributed by atoms with Gasteiger partial charge in [0.15, 0.2) is 0 Å². The molecule has 0 spiro atoms. The zero-order valence-corrected chi connectivity index (χ0v) is 16.7. The van der Waals surface area contributed by atoms with Gasteiger partial charge in [-0.05, 0) is 64.1 Å². The highest BCUT2D eigenvalue weighted by atomic mass is 16.5. The lowest BCUT2D eigenvalue weighted by Gasteiger charge is -2.15. The lowest BCUT2D eigenvalue weighted by Crippen LogP contribution is -2.08. The van der Waals surface area contributed by atoms with Crippen molar-refractivity contribution in [3.8, 4) is 11.5 Å². The predicted molar refractivity (Wildman–Crippen MR) is 113 cm³/mol. The molecule has 0 saturated heterocycles. The fraction of sp³-hybridized carbons (Fsp3) is 0.273. The molecule has 2 aromatic carbocycles. The molecule has 3 aromatic rings. The second-order valence-corrected chi connectivity index (χ2v) is 6.59. The number of anilines is 4. The first kappa shape index (κ1) is 19.5. The van der Waals surface area contributed by atoms with Gasteiger partial charge in [-0.2, -0.15) is 4.98 Å². The molecule has 0 aliphatic heterocycles. The molecule has 0 saturated carbocycles. The summed E-state index contributed by atoms with van der Waals surface area (Å²) in [6, 6.07) is 17.4. The van der Waals surface area contributed by atoms with Crippen LogP contribution in [0.25, 0.3) is 0 Å². The third-order valence-corrected chi connectivity index (χ3v) is 3.79. The van der Waals surface area contributed by atoms with Crippen LogP contribution in [0.4, 0.5) is 23.1 Å². The molecule has 1 aromatic heterocycles. The van der Waals surface area contributed by atoms with Crippen molar-refractivity contribution in [3.63, 3.8) is 0 Å². The van der Waals surface area contributed by atoms with Crippen LogP contribution in [0.5, 0.6) is 11.5 Å². The first-order valence-electron chi connectivity index (χ1n) is 9.41. The van der Waals surface area contributed by atoms with Crippen LogP contribution >= 0.6 is 0 Å². The van der Waals surface area contributed by atoms with Crippen molar-refractivity contribution in [2.45, 2.75) is 33.8 Å². The summed E-state index contributed by atoms with van der Waals surface area (Å²) in [5, 5.41) is 6.57. The average molecular weight is 378 g/mol. The minimum Gasteiger partial charge on any atom is -0.494 e. The molecule has 28 heavy (non-hydrogen) atoms. The van der Waals surface area contributed by atoms with Crippen molar-refractivity contribution in [3.05, 3.63) is 60.3 Å². The second kappa shape index (κ2) is 9.08. The van der Waals surface area contributed by atoms with Gasteiger partial charge < -0.3 is 20.1 Å². The molecule has 2 N–H and O–H groups in total. The molecular formula is C22H26N4O2. The lowest BCUT2D eigenvalue weighted by molar-refractivity contribution is 0.244. The average Bonchev–Trinajstić information content (AvgIpc) is 2.64. The molecule has 6 heteroatoms. The summed E-state index contributed by atoms with van der Waals surface area (Å²) >= 11 is 0. The molecule has 0 radical (unpaired) electrons. The molecule has 6 nitrogen and oxygen atoms in total. The topological polar surface area (TPSA) is 68.3 Å². The zero-order chi connectivity index (χ0) is 19.9. The van der Waals surface area contributed by atoms with Gasteiger partial charge in [0.25, 0.3) is 0 Å². The summed E-state index contributed by atoms with van der Waals surface area (Å²) in [6.07, 6.45) is 0.0817. The Hall–Kier alpha value is -3.28. The summed E-state index contributed by atoms with van der Waals surface area (Å²) in [4.78, 5) is 9.07. The standard InChI is InChI=1S/C22H26N4O2/c1-5-27-18-12-10-17(11-13-18)24-21-14-16(4)23-22(26-21)25-19-8-6-7-9-20(19)28-15(2)3/h6-15H,5H2,1-4H3,(H2,23,24,25,26). The van der Waals surface area contributed by atoms with Gasteiger partial charge in [-0.1, -0.05) is 12.1 Å². The van der Waals surface area contributed by atoms with Gasteiger partial charge in [0.1, 0.15) is 17.3 Å². The van der Waals surface area contributed by atoms with Crippen molar-refractivity contribution >= 4 is 23.1 Å². The summed E-state index contributed by atoms with van der Waals surface area (Å²) in [5.74, 6) is 2.83. The van der Waals surface area contributed by atoms with Crippen LogP contribution in [0.2, 0.25) is 0 Å². The molecular weight excluding hydrogens is 352 g/mol. The summed E-state index contributed by atoms with van der Waals surface area (Å²) in [6.45, 7) is 8.55. The molecule has 0 amide bonds.